The van der Waals surface area contributed by atoms with E-state index in [0.29, 0.717) is 0 Å². The van der Waals surface area contributed by atoms with E-state index in [-0.39, 0.29) is 5.69 Å². The summed E-state index contributed by atoms with van der Waals surface area (Å²) in [5.74, 6) is -0.482. The highest BCUT2D eigenvalue weighted by Crippen LogP contribution is 2.34. The molecule has 2 N–H and O–H groups in total. The van der Waals surface area contributed by atoms with Crippen LogP contribution in [0.25, 0.3) is 0 Å². The van der Waals surface area contributed by atoms with Crippen molar-refractivity contribution < 1.29 is 26.4 Å². The van der Waals surface area contributed by atoms with E-state index in [4.69, 9.17) is 0 Å². The number of carbonyl (C=O) groups is 1. The van der Waals surface area contributed by atoms with Crippen molar-refractivity contribution >= 4 is 21.4 Å². The number of amides is 1. The fourth-order valence-electron chi connectivity index (χ4n) is 1.46. The zero-order valence-electron chi connectivity index (χ0n) is 10.7. The molecule has 1 atom stereocenters. The molecular formula is C11H13F3N2O3S. The summed E-state index contributed by atoms with van der Waals surface area (Å²) in [5, 5.41) is 4.75. The number of rotatable bonds is 4. The number of anilines is 1. The van der Waals surface area contributed by atoms with Crippen molar-refractivity contribution in [3.8, 4) is 0 Å². The maximum absolute atomic E-state index is 12.6. The Kier molecular flexibility index (Phi) is 4.64. The zero-order chi connectivity index (χ0) is 15.6. The van der Waals surface area contributed by atoms with Crippen LogP contribution in [0.5, 0.6) is 0 Å². The van der Waals surface area contributed by atoms with Crippen LogP contribution in [0.15, 0.2) is 29.2 Å². The van der Waals surface area contributed by atoms with Crippen molar-refractivity contribution in [3.63, 3.8) is 0 Å². The van der Waals surface area contributed by atoms with E-state index in [1.165, 1.54) is 26.1 Å². The normalized spacial score (nSPS) is 13.7. The van der Waals surface area contributed by atoms with E-state index in [0.717, 1.165) is 12.1 Å². The van der Waals surface area contributed by atoms with Crippen molar-refractivity contribution in [2.75, 3.05) is 12.4 Å². The number of para-hydroxylation sites is 1. The van der Waals surface area contributed by atoms with E-state index < -0.39 is 32.2 Å². The lowest BCUT2D eigenvalue weighted by molar-refractivity contribution is -0.121. The van der Waals surface area contributed by atoms with E-state index in [1.807, 2.05) is 0 Å². The van der Waals surface area contributed by atoms with Gasteiger partial charge in [0.15, 0.2) is 0 Å². The molecule has 1 aromatic rings. The van der Waals surface area contributed by atoms with Gasteiger partial charge in [0.25, 0.3) is 9.84 Å². The SMILES string of the molecule is CNC(=O)C(C)Nc1ccccc1S(=O)(=O)C(F)(F)F. The molecule has 0 saturated carbocycles. The van der Waals surface area contributed by atoms with Gasteiger partial charge in [-0.3, -0.25) is 4.79 Å². The van der Waals surface area contributed by atoms with Gasteiger partial charge in [-0.05, 0) is 19.1 Å². The minimum absolute atomic E-state index is 0.277. The van der Waals surface area contributed by atoms with Crippen molar-refractivity contribution in [1.29, 1.82) is 0 Å². The summed E-state index contributed by atoms with van der Waals surface area (Å²) < 4.78 is 60.6. The second-order valence-electron chi connectivity index (χ2n) is 3.93. The third kappa shape index (κ3) is 3.21. The Morgan fingerprint density at radius 1 is 1.25 bits per heavy atom. The van der Waals surface area contributed by atoms with Crippen molar-refractivity contribution in [3.05, 3.63) is 24.3 Å². The second kappa shape index (κ2) is 5.70. The number of alkyl halides is 3. The molecule has 1 aromatic carbocycles. The van der Waals surface area contributed by atoms with Crippen LogP contribution in [0.3, 0.4) is 0 Å². The first kappa shape index (κ1) is 16.3. The number of hydrogen-bond donors (Lipinski definition) is 2. The summed E-state index contributed by atoms with van der Waals surface area (Å²) in [7, 11) is -4.12. The summed E-state index contributed by atoms with van der Waals surface area (Å²) in [5.41, 5.74) is -5.68. The van der Waals surface area contributed by atoms with Gasteiger partial charge in [0, 0.05) is 7.05 Å². The van der Waals surface area contributed by atoms with Gasteiger partial charge in [0.05, 0.1) is 10.6 Å². The molecule has 0 radical (unpaired) electrons. The minimum Gasteiger partial charge on any atom is -0.373 e. The number of halogens is 3. The van der Waals surface area contributed by atoms with Gasteiger partial charge < -0.3 is 10.6 Å². The molecule has 0 fully saturated rings. The van der Waals surface area contributed by atoms with Crippen LogP contribution in [-0.4, -0.2) is 32.9 Å². The molecule has 20 heavy (non-hydrogen) atoms. The summed E-state index contributed by atoms with van der Waals surface area (Å²) in [4.78, 5) is 10.4. The summed E-state index contributed by atoms with van der Waals surface area (Å²) in [6, 6.07) is 3.66. The predicted octanol–water partition coefficient (Wildman–Crippen LogP) is 1.53. The highest BCUT2D eigenvalue weighted by molar-refractivity contribution is 7.92. The number of sulfone groups is 1. The van der Waals surface area contributed by atoms with Crippen LogP contribution in [0.2, 0.25) is 0 Å². The molecule has 0 aliphatic heterocycles. The lowest BCUT2D eigenvalue weighted by Crippen LogP contribution is -2.36. The zero-order valence-corrected chi connectivity index (χ0v) is 11.5. The fourth-order valence-corrected chi connectivity index (χ4v) is 2.38. The third-order valence-corrected chi connectivity index (χ3v) is 4.04. The molecule has 5 nitrogen and oxygen atoms in total. The van der Waals surface area contributed by atoms with Gasteiger partial charge in [-0.2, -0.15) is 13.2 Å². The Balaban J connectivity index is 3.23. The Morgan fingerprint density at radius 2 is 1.80 bits per heavy atom. The molecule has 1 rings (SSSR count). The number of benzene rings is 1. The summed E-state index contributed by atoms with van der Waals surface area (Å²) in [6.45, 7) is 1.40. The topological polar surface area (TPSA) is 75.3 Å². The Bertz CT molecular complexity index is 599. The lowest BCUT2D eigenvalue weighted by Gasteiger charge is -2.17. The molecule has 112 valence electrons. The molecule has 0 spiro atoms. The highest BCUT2D eigenvalue weighted by atomic mass is 32.2. The van der Waals surface area contributed by atoms with Crippen LogP contribution in [0, 0.1) is 0 Å². The van der Waals surface area contributed by atoms with Gasteiger partial charge in [-0.25, -0.2) is 8.42 Å². The molecule has 0 aliphatic carbocycles. The number of likely N-dealkylation sites (N-methyl/N-ethyl adjacent to an activating group) is 1. The first-order valence-electron chi connectivity index (χ1n) is 5.49. The van der Waals surface area contributed by atoms with E-state index in [2.05, 4.69) is 10.6 Å². The van der Waals surface area contributed by atoms with Crippen molar-refractivity contribution in [2.45, 2.75) is 23.4 Å². The van der Waals surface area contributed by atoms with Gasteiger partial charge >= 0.3 is 5.51 Å². The fraction of sp³-hybridized carbons (Fsp3) is 0.364. The lowest BCUT2D eigenvalue weighted by atomic mass is 10.2. The van der Waals surface area contributed by atoms with Gasteiger partial charge in [-0.1, -0.05) is 12.1 Å². The highest BCUT2D eigenvalue weighted by Gasteiger charge is 2.48. The number of nitrogens with one attached hydrogen (secondary N) is 2. The van der Waals surface area contributed by atoms with Gasteiger partial charge in [0.2, 0.25) is 5.91 Å². The first-order chi connectivity index (χ1) is 9.11. The smallest absolute Gasteiger partial charge is 0.373 e. The predicted molar refractivity (Wildman–Crippen MR) is 66.8 cm³/mol. The van der Waals surface area contributed by atoms with Crippen LogP contribution in [0.1, 0.15) is 6.92 Å². The van der Waals surface area contributed by atoms with Gasteiger partial charge in [-0.15, -0.1) is 0 Å². The van der Waals surface area contributed by atoms with Crippen LogP contribution < -0.4 is 10.6 Å². The molecule has 1 unspecified atom stereocenters. The Labute approximate surface area is 114 Å². The first-order valence-corrected chi connectivity index (χ1v) is 6.98. The van der Waals surface area contributed by atoms with E-state index >= 15 is 0 Å². The maximum atomic E-state index is 12.6. The summed E-state index contributed by atoms with van der Waals surface area (Å²) in [6.07, 6.45) is 0. The Hall–Kier alpha value is -1.77. The van der Waals surface area contributed by atoms with Gasteiger partial charge in [0.1, 0.15) is 6.04 Å². The maximum Gasteiger partial charge on any atom is 0.501 e. The standard InChI is InChI=1S/C11H13F3N2O3S/c1-7(10(17)15-2)16-8-5-3-4-6-9(8)20(18,19)11(12,13)14/h3-7,16H,1-2H3,(H,15,17). The molecule has 1 amide bonds. The monoisotopic (exact) mass is 310 g/mol. The second-order valence-corrected chi connectivity index (χ2v) is 5.84. The van der Waals surface area contributed by atoms with E-state index in [9.17, 15) is 26.4 Å². The largest absolute Gasteiger partial charge is 0.501 e. The quantitative estimate of drug-likeness (QED) is 0.884. The van der Waals surface area contributed by atoms with Crippen LogP contribution in [-0.2, 0) is 14.6 Å². The van der Waals surface area contributed by atoms with Crippen molar-refractivity contribution in [1.82, 2.24) is 5.32 Å². The molecule has 0 heterocycles. The van der Waals surface area contributed by atoms with Crippen LogP contribution >= 0.6 is 0 Å². The average molecular weight is 310 g/mol. The summed E-state index contributed by atoms with van der Waals surface area (Å²) >= 11 is 0. The molecule has 0 saturated heterocycles. The number of carbonyl (C=O) groups excluding carboxylic acids is 1. The molecule has 0 aromatic heterocycles. The van der Waals surface area contributed by atoms with E-state index in [1.54, 1.807) is 0 Å². The minimum atomic E-state index is -5.48. The number of hydrogen-bond acceptors (Lipinski definition) is 4. The molecule has 0 aliphatic rings. The molecule has 0 bridgehead atoms. The molecular weight excluding hydrogens is 297 g/mol. The Morgan fingerprint density at radius 3 is 2.30 bits per heavy atom. The van der Waals surface area contributed by atoms with Crippen LogP contribution in [0.4, 0.5) is 18.9 Å². The average Bonchev–Trinajstić information content (AvgIpc) is 2.36. The van der Waals surface area contributed by atoms with Crippen molar-refractivity contribution in [2.24, 2.45) is 0 Å². The molecule has 9 heteroatoms. The third-order valence-electron chi connectivity index (χ3n) is 2.49.